The number of carbonyl (C=O) groups is 1. The number of halogens is 3. The van der Waals surface area contributed by atoms with Gasteiger partial charge < -0.3 is 10.1 Å². The Hall–Kier alpha value is -0.900. The number of hydrogen-bond donors (Lipinski definition) is 1. The zero-order chi connectivity index (χ0) is 13.2. The third-order valence-electron chi connectivity index (χ3n) is 2.46. The summed E-state index contributed by atoms with van der Waals surface area (Å²) in [5.41, 5.74) is 0.828. The molecule has 1 N–H and O–H groups in total. The largest absolute Gasteiger partial charge is 0.489 e. The van der Waals surface area contributed by atoms with Crippen molar-refractivity contribution in [3.63, 3.8) is 0 Å². The number of carbonyl (C=O) groups excluding carboxylic acids is 1. The molecule has 0 saturated heterocycles. The molecule has 1 aliphatic heterocycles. The number of benzene rings is 1. The molecule has 0 aromatic heterocycles. The van der Waals surface area contributed by atoms with Crippen molar-refractivity contribution in [1.29, 1.82) is 0 Å². The van der Waals surface area contributed by atoms with E-state index in [4.69, 9.17) is 39.5 Å². The number of hydrogen-bond acceptors (Lipinski definition) is 2. The van der Waals surface area contributed by atoms with Crippen molar-refractivity contribution in [1.82, 2.24) is 5.32 Å². The van der Waals surface area contributed by atoms with Gasteiger partial charge in [0.1, 0.15) is 12.4 Å². The van der Waals surface area contributed by atoms with E-state index in [9.17, 15) is 4.79 Å². The van der Waals surface area contributed by atoms with Gasteiger partial charge in [0.15, 0.2) is 0 Å². The lowest BCUT2D eigenvalue weighted by Crippen LogP contribution is -2.36. The van der Waals surface area contributed by atoms with E-state index in [1.165, 1.54) is 0 Å². The SMILES string of the molecule is O=C(NC1C=CCOc2ccccc21)C(Cl)(Cl)Cl. The van der Waals surface area contributed by atoms with E-state index in [1.807, 2.05) is 30.3 Å². The van der Waals surface area contributed by atoms with Crippen LogP contribution in [0.1, 0.15) is 11.6 Å². The lowest BCUT2D eigenvalue weighted by Gasteiger charge is -2.19. The highest BCUT2D eigenvalue weighted by molar-refractivity contribution is 6.76. The zero-order valence-corrected chi connectivity index (χ0v) is 11.5. The fraction of sp³-hybridized carbons (Fsp3) is 0.250. The Bertz CT molecular complexity index is 482. The number of nitrogens with one attached hydrogen (secondary N) is 1. The van der Waals surface area contributed by atoms with Crippen LogP contribution in [0.4, 0.5) is 0 Å². The molecule has 1 atom stereocenters. The first-order valence-electron chi connectivity index (χ1n) is 5.24. The minimum Gasteiger partial charge on any atom is -0.489 e. The number of alkyl halides is 3. The van der Waals surface area contributed by atoms with Crippen LogP contribution >= 0.6 is 34.8 Å². The molecule has 1 unspecified atom stereocenters. The molecule has 18 heavy (non-hydrogen) atoms. The van der Waals surface area contributed by atoms with Gasteiger partial charge in [-0.3, -0.25) is 4.79 Å². The van der Waals surface area contributed by atoms with Gasteiger partial charge >= 0.3 is 0 Å². The van der Waals surface area contributed by atoms with Crippen molar-refractivity contribution in [2.45, 2.75) is 9.83 Å². The second-order valence-corrected chi connectivity index (χ2v) is 6.01. The fourth-order valence-corrected chi connectivity index (χ4v) is 1.81. The number of rotatable bonds is 1. The third-order valence-corrected chi connectivity index (χ3v) is 2.98. The highest BCUT2D eigenvalue weighted by atomic mass is 35.6. The van der Waals surface area contributed by atoms with Crippen molar-refractivity contribution in [3.05, 3.63) is 42.0 Å². The summed E-state index contributed by atoms with van der Waals surface area (Å²) >= 11 is 16.6. The van der Waals surface area contributed by atoms with Gasteiger partial charge in [0.2, 0.25) is 0 Å². The summed E-state index contributed by atoms with van der Waals surface area (Å²) < 4.78 is 3.53. The van der Waals surface area contributed by atoms with Crippen LogP contribution in [-0.4, -0.2) is 16.3 Å². The van der Waals surface area contributed by atoms with Gasteiger partial charge in [0.25, 0.3) is 9.70 Å². The molecule has 0 radical (unpaired) electrons. The normalized spacial score (nSPS) is 18.5. The molecule has 1 aromatic carbocycles. The quantitative estimate of drug-likeness (QED) is 0.639. The van der Waals surface area contributed by atoms with Gasteiger partial charge in [-0.05, 0) is 12.1 Å². The van der Waals surface area contributed by atoms with Gasteiger partial charge in [-0.1, -0.05) is 59.1 Å². The minimum absolute atomic E-state index is 0.369. The fourth-order valence-electron chi connectivity index (χ4n) is 1.65. The van der Waals surface area contributed by atoms with Crippen molar-refractivity contribution in [3.8, 4) is 5.75 Å². The molecular formula is C12H10Cl3NO2. The van der Waals surface area contributed by atoms with Gasteiger partial charge in [-0.25, -0.2) is 0 Å². The highest BCUT2D eigenvalue weighted by Gasteiger charge is 2.32. The van der Waals surface area contributed by atoms with Crippen LogP contribution in [0.3, 0.4) is 0 Å². The van der Waals surface area contributed by atoms with Crippen molar-refractivity contribution in [2.24, 2.45) is 0 Å². The molecule has 1 aliphatic rings. The molecule has 1 amide bonds. The zero-order valence-electron chi connectivity index (χ0n) is 9.20. The Balaban J connectivity index is 2.25. The Morgan fingerprint density at radius 1 is 1.33 bits per heavy atom. The van der Waals surface area contributed by atoms with Crippen LogP contribution < -0.4 is 10.1 Å². The molecule has 0 fully saturated rings. The Labute approximate surface area is 120 Å². The van der Waals surface area contributed by atoms with Crippen LogP contribution in [0.15, 0.2) is 36.4 Å². The maximum atomic E-state index is 11.7. The number of fused-ring (bicyclic) bond motifs is 1. The molecule has 1 heterocycles. The molecule has 1 aromatic rings. The van der Waals surface area contributed by atoms with E-state index in [0.29, 0.717) is 12.4 Å². The number of amides is 1. The van der Waals surface area contributed by atoms with Crippen molar-refractivity contribution >= 4 is 40.7 Å². The smallest absolute Gasteiger partial charge is 0.272 e. The highest BCUT2D eigenvalue weighted by Crippen LogP contribution is 2.31. The molecule has 6 heteroatoms. The van der Waals surface area contributed by atoms with E-state index >= 15 is 0 Å². The lowest BCUT2D eigenvalue weighted by atomic mass is 10.1. The van der Waals surface area contributed by atoms with Gasteiger partial charge in [0, 0.05) is 5.56 Å². The van der Waals surface area contributed by atoms with Gasteiger partial charge in [-0.2, -0.15) is 0 Å². The molecule has 0 bridgehead atoms. The summed E-state index contributed by atoms with van der Waals surface area (Å²) in [5, 5.41) is 2.65. The predicted molar refractivity (Wildman–Crippen MR) is 72.3 cm³/mol. The van der Waals surface area contributed by atoms with E-state index < -0.39 is 9.70 Å². The monoisotopic (exact) mass is 305 g/mol. The van der Waals surface area contributed by atoms with E-state index in [2.05, 4.69) is 5.32 Å². The first kappa shape index (κ1) is 13.5. The van der Waals surface area contributed by atoms with Crippen molar-refractivity contribution < 1.29 is 9.53 Å². The third kappa shape index (κ3) is 3.10. The summed E-state index contributed by atoms with van der Waals surface area (Å²) in [6.07, 6.45) is 3.61. The molecule has 3 nitrogen and oxygen atoms in total. The molecular weight excluding hydrogens is 296 g/mol. The Morgan fingerprint density at radius 3 is 2.78 bits per heavy atom. The summed E-state index contributed by atoms with van der Waals surface area (Å²) in [5.74, 6) is 0.0379. The van der Waals surface area contributed by atoms with E-state index in [1.54, 1.807) is 6.08 Å². The lowest BCUT2D eigenvalue weighted by molar-refractivity contribution is -0.120. The number of para-hydroxylation sites is 1. The number of ether oxygens (including phenoxy) is 1. The van der Waals surface area contributed by atoms with Crippen molar-refractivity contribution in [2.75, 3.05) is 6.61 Å². The second-order valence-electron chi connectivity index (χ2n) is 3.73. The minimum atomic E-state index is -1.98. The maximum Gasteiger partial charge on any atom is 0.272 e. The summed E-state index contributed by atoms with van der Waals surface area (Å²) in [6.45, 7) is 0.442. The molecule has 0 aliphatic carbocycles. The first-order valence-corrected chi connectivity index (χ1v) is 6.38. The first-order chi connectivity index (χ1) is 8.48. The maximum absolute atomic E-state index is 11.7. The molecule has 0 saturated carbocycles. The Kier molecular flexibility index (Phi) is 4.05. The van der Waals surface area contributed by atoms with Crippen LogP contribution in [0.2, 0.25) is 0 Å². The molecule has 2 rings (SSSR count). The standard InChI is InChI=1S/C12H10Cl3NO2/c13-12(14,15)11(17)16-9-5-3-7-18-10-6-2-1-4-8(9)10/h1-6,9H,7H2,(H,16,17). The van der Waals surface area contributed by atoms with Gasteiger partial charge in [0.05, 0.1) is 6.04 Å². The van der Waals surface area contributed by atoms with Gasteiger partial charge in [-0.15, -0.1) is 0 Å². The summed E-state index contributed by atoms with van der Waals surface area (Å²) in [4.78, 5) is 11.7. The molecule has 96 valence electrons. The predicted octanol–water partition coefficient (Wildman–Crippen LogP) is 3.16. The summed E-state index contributed by atoms with van der Waals surface area (Å²) in [6, 6.07) is 7.03. The van der Waals surface area contributed by atoms with Crippen LogP contribution in [0.5, 0.6) is 5.75 Å². The van der Waals surface area contributed by atoms with E-state index in [-0.39, 0.29) is 6.04 Å². The Morgan fingerprint density at radius 2 is 2.06 bits per heavy atom. The second kappa shape index (κ2) is 5.39. The average Bonchev–Trinajstić information content (AvgIpc) is 2.51. The van der Waals surface area contributed by atoms with Crippen LogP contribution in [0, 0.1) is 0 Å². The van der Waals surface area contributed by atoms with Crippen LogP contribution in [-0.2, 0) is 4.79 Å². The van der Waals surface area contributed by atoms with Crippen LogP contribution in [0.25, 0.3) is 0 Å². The molecule has 0 spiro atoms. The summed E-state index contributed by atoms with van der Waals surface area (Å²) in [7, 11) is 0. The average molecular weight is 307 g/mol. The van der Waals surface area contributed by atoms with E-state index in [0.717, 1.165) is 5.56 Å². The topological polar surface area (TPSA) is 38.3 Å².